The average molecular weight is 568 g/mol. The zero-order chi connectivity index (χ0) is 29.0. The van der Waals surface area contributed by atoms with Crippen molar-refractivity contribution in [3.63, 3.8) is 0 Å². The van der Waals surface area contributed by atoms with E-state index in [1.54, 1.807) is 0 Å². The average Bonchev–Trinajstić information content (AvgIpc) is 2.94. The van der Waals surface area contributed by atoms with Crippen molar-refractivity contribution < 1.29 is 22.4 Å². The molecule has 0 bridgehead atoms. The quantitative estimate of drug-likeness (QED) is 0.309. The largest absolute Gasteiger partial charge is 0.394 e. The van der Waals surface area contributed by atoms with Crippen LogP contribution in [0.3, 0.4) is 0 Å². The predicted octanol–water partition coefficient (Wildman–Crippen LogP) is 4.41. The standard InChI is InChI=1S/C30H29F4N5O2/c31-23-7-5-22(6-8-23)19-39-13-11-38(12-14-39)18-21-3-1-20(2-4-21)16-36-29(41)25-17-35-26-10-9-24(15-30(32,33)34)37-27(26)28(25)40/h1-10,17H,11-16,18-19H2,(H,35,40)(H,36,41). The van der Waals surface area contributed by atoms with Crippen LogP contribution in [0.4, 0.5) is 17.6 Å². The molecule has 7 nitrogen and oxygen atoms in total. The summed E-state index contributed by atoms with van der Waals surface area (Å²) in [4.78, 5) is 36.9. The van der Waals surface area contributed by atoms with Gasteiger partial charge in [0.25, 0.3) is 5.91 Å². The Morgan fingerprint density at radius 1 is 0.854 bits per heavy atom. The molecule has 0 atom stereocenters. The third-order valence-electron chi connectivity index (χ3n) is 7.08. The van der Waals surface area contributed by atoms with Gasteiger partial charge >= 0.3 is 6.18 Å². The summed E-state index contributed by atoms with van der Waals surface area (Å²) >= 11 is 0. The Balaban J connectivity index is 1.12. The summed E-state index contributed by atoms with van der Waals surface area (Å²) in [5.41, 5.74) is 1.88. The van der Waals surface area contributed by atoms with Crippen LogP contribution in [0.1, 0.15) is 32.7 Å². The first kappa shape index (κ1) is 28.4. The molecule has 3 heterocycles. The molecule has 0 spiro atoms. The number of pyridine rings is 2. The van der Waals surface area contributed by atoms with Crippen molar-refractivity contribution in [1.82, 2.24) is 25.1 Å². The van der Waals surface area contributed by atoms with Crippen molar-refractivity contribution in [2.45, 2.75) is 32.2 Å². The number of carbonyl (C=O) groups is 1. The van der Waals surface area contributed by atoms with Gasteiger partial charge in [-0.15, -0.1) is 0 Å². The van der Waals surface area contributed by atoms with E-state index in [0.29, 0.717) is 0 Å². The normalized spacial score (nSPS) is 14.8. The third kappa shape index (κ3) is 7.56. The number of nitrogens with zero attached hydrogens (tertiary/aromatic N) is 3. The lowest BCUT2D eigenvalue weighted by atomic mass is 10.1. The fourth-order valence-corrected chi connectivity index (χ4v) is 4.86. The van der Waals surface area contributed by atoms with Crippen molar-refractivity contribution in [3.8, 4) is 0 Å². The van der Waals surface area contributed by atoms with Crippen LogP contribution >= 0.6 is 0 Å². The Bertz CT molecular complexity index is 1560. The summed E-state index contributed by atoms with van der Waals surface area (Å²) in [6, 6.07) is 17.0. The minimum atomic E-state index is -4.46. The minimum Gasteiger partial charge on any atom is -0.359 e. The van der Waals surface area contributed by atoms with E-state index in [0.717, 1.165) is 56.0 Å². The van der Waals surface area contributed by atoms with Gasteiger partial charge in [0, 0.05) is 52.0 Å². The van der Waals surface area contributed by atoms with Crippen LogP contribution in [-0.2, 0) is 26.1 Å². The molecule has 0 aliphatic carbocycles. The number of aromatic amines is 1. The van der Waals surface area contributed by atoms with Gasteiger partial charge < -0.3 is 10.3 Å². The Kier molecular flexibility index (Phi) is 8.46. The van der Waals surface area contributed by atoms with Crippen molar-refractivity contribution in [2.75, 3.05) is 26.2 Å². The molecule has 11 heteroatoms. The van der Waals surface area contributed by atoms with Gasteiger partial charge in [0.2, 0.25) is 5.43 Å². The number of amides is 1. The number of carbonyl (C=O) groups excluding carboxylic acids is 1. The zero-order valence-electron chi connectivity index (χ0n) is 22.2. The maximum Gasteiger partial charge on any atom is 0.394 e. The van der Waals surface area contributed by atoms with Crippen molar-refractivity contribution >= 4 is 16.9 Å². The number of hydrogen-bond donors (Lipinski definition) is 2. The van der Waals surface area contributed by atoms with E-state index >= 15 is 0 Å². The van der Waals surface area contributed by atoms with Gasteiger partial charge in [0.05, 0.1) is 17.6 Å². The Morgan fingerprint density at radius 2 is 1.41 bits per heavy atom. The molecule has 2 aromatic heterocycles. The van der Waals surface area contributed by atoms with Crippen LogP contribution in [0.25, 0.3) is 11.0 Å². The Hall–Kier alpha value is -4.09. The molecule has 1 saturated heterocycles. The van der Waals surface area contributed by atoms with Crippen LogP contribution in [-0.4, -0.2) is 58.0 Å². The number of aromatic nitrogens is 2. The van der Waals surface area contributed by atoms with E-state index in [-0.39, 0.29) is 34.7 Å². The zero-order valence-corrected chi connectivity index (χ0v) is 22.2. The van der Waals surface area contributed by atoms with Gasteiger partial charge in [-0.1, -0.05) is 36.4 Å². The fraction of sp³-hybridized carbons (Fsp3) is 0.300. The minimum absolute atomic E-state index is 0.181. The second-order valence-electron chi connectivity index (χ2n) is 10.2. The molecular formula is C30H29F4N5O2. The smallest absolute Gasteiger partial charge is 0.359 e. The summed E-state index contributed by atoms with van der Waals surface area (Å²) < 4.78 is 51.4. The number of H-pyrrole nitrogens is 1. The maximum absolute atomic E-state index is 13.1. The lowest BCUT2D eigenvalue weighted by Crippen LogP contribution is -2.45. The second-order valence-corrected chi connectivity index (χ2v) is 10.2. The summed E-state index contributed by atoms with van der Waals surface area (Å²) in [5.74, 6) is -0.868. The number of piperazine rings is 1. The second kappa shape index (κ2) is 12.2. The van der Waals surface area contributed by atoms with Crippen molar-refractivity contribution in [1.29, 1.82) is 0 Å². The van der Waals surface area contributed by atoms with E-state index in [9.17, 15) is 27.2 Å². The fourth-order valence-electron chi connectivity index (χ4n) is 4.86. The molecule has 41 heavy (non-hydrogen) atoms. The topological polar surface area (TPSA) is 81.3 Å². The summed E-state index contributed by atoms with van der Waals surface area (Å²) in [6.45, 7) is 5.48. The number of alkyl halides is 3. The van der Waals surface area contributed by atoms with E-state index < -0.39 is 23.9 Å². The van der Waals surface area contributed by atoms with Crippen molar-refractivity contribution in [2.24, 2.45) is 0 Å². The van der Waals surface area contributed by atoms with Gasteiger partial charge in [-0.25, -0.2) is 9.37 Å². The molecule has 0 unspecified atom stereocenters. The highest BCUT2D eigenvalue weighted by atomic mass is 19.4. The molecule has 4 aromatic rings. The predicted molar refractivity (Wildman–Crippen MR) is 147 cm³/mol. The van der Waals surface area contributed by atoms with Crippen LogP contribution in [0.5, 0.6) is 0 Å². The van der Waals surface area contributed by atoms with Crippen LogP contribution in [0.2, 0.25) is 0 Å². The van der Waals surface area contributed by atoms with Gasteiger partial charge in [0.15, 0.2) is 0 Å². The summed E-state index contributed by atoms with van der Waals surface area (Å²) in [7, 11) is 0. The molecule has 0 saturated carbocycles. The molecule has 2 N–H and O–H groups in total. The number of fused-ring (bicyclic) bond motifs is 1. The summed E-state index contributed by atoms with van der Waals surface area (Å²) in [5, 5.41) is 2.70. The Labute approximate surface area is 233 Å². The monoisotopic (exact) mass is 567 g/mol. The highest BCUT2D eigenvalue weighted by Gasteiger charge is 2.28. The van der Waals surface area contributed by atoms with E-state index in [1.165, 1.54) is 30.5 Å². The molecule has 5 rings (SSSR count). The number of halogens is 4. The maximum atomic E-state index is 13.1. The highest BCUT2D eigenvalue weighted by molar-refractivity contribution is 5.96. The number of benzene rings is 2. The number of hydrogen-bond acceptors (Lipinski definition) is 5. The lowest BCUT2D eigenvalue weighted by Gasteiger charge is -2.34. The van der Waals surface area contributed by atoms with Crippen LogP contribution in [0.15, 0.2) is 71.7 Å². The van der Waals surface area contributed by atoms with Gasteiger partial charge in [-0.05, 0) is 41.0 Å². The first-order chi connectivity index (χ1) is 19.6. The van der Waals surface area contributed by atoms with E-state index in [1.807, 2.05) is 36.4 Å². The first-order valence-corrected chi connectivity index (χ1v) is 13.3. The van der Waals surface area contributed by atoms with Crippen LogP contribution in [0, 0.1) is 5.82 Å². The molecular weight excluding hydrogens is 538 g/mol. The number of rotatable bonds is 8. The van der Waals surface area contributed by atoms with Gasteiger partial charge in [-0.3, -0.25) is 19.4 Å². The summed E-state index contributed by atoms with van der Waals surface area (Å²) in [6.07, 6.45) is -4.48. The van der Waals surface area contributed by atoms with Gasteiger partial charge in [-0.2, -0.15) is 13.2 Å². The molecule has 2 aromatic carbocycles. The molecule has 1 amide bonds. The van der Waals surface area contributed by atoms with E-state index in [4.69, 9.17) is 0 Å². The number of nitrogens with one attached hydrogen (secondary N) is 2. The first-order valence-electron chi connectivity index (χ1n) is 13.3. The van der Waals surface area contributed by atoms with Crippen LogP contribution < -0.4 is 10.7 Å². The lowest BCUT2D eigenvalue weighted by molar-refractivity contribution is -0.127. The Morgan fingerprint density at radius 3 is 2.00 bits per heavy atom. The molecule has 0 radical (unpaired) electrons. The SMILES string of the molecule is O=C(NCc1ccc(CN2CCN(Cc3ccc(F)cc3)CC2)cc1)c1c[nH]c2ccc(CC(F)(F)F)nc2c1=O. The molecule has 1 fully saturated rings. The third-order valence-corrected chi connectivity index (χ3v) is 7.08. The van der Waals surface area contributed by atoms with E-state index in [2.05, 4.69) is 25.1 Å². The molecule has 214 valence electrons. The van der Waals surface area contributed by atoms with Crippen molar-refractivity contribution in [3.05, 3.63) is 111 Å². The molecule has 1 aliphatic rings. The molecule has 1 aliphatic heterocycles. The van der Waals surface area contributed by atoms with Gasteiger partial charge in [0.1, 0.15) is 16.9 Å². The highest BCUT2D eigenvalue weighted by Crippen LogP contribution is 2.21.